The van der Waals surface area contributed by atoms with Crippen LogP contribution in [0.15, 0.2) is 59.6 Å². The highest BCUT2D eigenvalue weighted by atomic mass is 32.2. The van der Waals surface area contributed by atoms with Crippen LogP contribution in [-0.4, -0.2) is 32.5 Å². The Bertz CT molecular complexity index is 1030. The number of benzene rings is 2. The first-order chi connectivity index (χ1) is 12.4. The molecule has 4 N–H and O–H groups in total. The number of ether oxygens (including phenoxy) is 1. The van der Waals surface area contributed by atoms with E-state index in [0.29, 0.717) is 5.69 Å². The number of hydrogen-bond donors (Lipinski definition) is 3. The van der Waals surface area contributed by atoms with Crippen LogP contribution in [0.1, 0.15) is 5.56 Å². The maximum Gasteiger partial charge on any atom is 0.324 e. The molecule has 0 saturated carbocycles. The molecule has 0 fully saturated rings. The maximum absolute atomic E-state index is 12.6. The minimum absolute atomic E-state index is 0.0273. The number of nitrogen functional groups attached to an aromatic ring is 1. The average molecular weight is 373 g/mol. The zero-order chi connectivity index (χ0) is 18.7. The van der Waals surface area contributed by atoms with Gasteiger partial charge in [0.25, 0.3) is 0 Å². The molecular formula is C18H19N3O4S. The summed E-state index contributed by atoms with van der Waals surface area (Å²) >= 11 is 0. The quantitative estimate of drug-likeness (QED) is 0.450. The van der Waals surface area contributed by atoms with Crippen molar-refractivity contribution in [3.8, 4) is 0 Å². The topological polar surface area (TPSA) is 114 Å². The van der Waals surface area contributed by atoms with E-state index in [9.17, 15) is 13.2 Å². The van der Waals surface area contributed by atoms with Crippen molar-refractivity contribution in [2.45, 2.75) is 17.4 Å². The standard InChI is InChI=1S/C18H19N3O4S/c1-25-18(22)17(10-12-11-20-16-5-3-2-4-15(12)16)21-26(23,24)14-8-6-13(19)7-9-14/h2-9,11,17,20-21H,10,19H2,1H3. The van der Waals surface area contributed by atoms with Gasteiger partial charge in [-0.25, -0.2) is 8.42 Å². The Kier molecular flexibility index (Phi) is 4.97. The van der Waals surface area contributed by atoms with Crippen molar-refractivity contribution in [2.24, 2.45) is 0 Å². The summed E-state index contributed by atoms with van der Waals surface area (Å²) in [5.41, 5.74) is 7.77. The fourth-order valence-corrected chi connectivity index (χ4v) is 3.92. The normalized spacial score (nSPS) is 12.8. The van der Waals surface area contributed by atoms with Crippen molar-refractivity contribution < 1.29 is 17.9 Å². The summed E-state index contributed by atoms with van der Waals surface area (Å²) in [6.45, 7) is 0. The number of para-hydroxylation sites is 1. The number of carbonyl (C=O) groups excluding carboxylic acids is 1. The molecule has 1 heterocycles. The monoisotopic (exact) mass is 373 g/mol. The molecule has 2 aromatic carbocycles. The first kappa shape index (κ1) is 18.0. The molecule has 0 spiro atoms. The Labute approximate surface area is 151 Å². The summed E-state index contributed by atoms with van der Waals surface area (Å²) in [6, 6.07) is 12.3. The van der Waals surface area contributed by atoms with Crippen molar-refractivity contribution in [3.05, 3.63) is 60.3 Å². The molecule has 1 atom stereocenters. The molecule has 136 valence electrons. The smallest absolute Gasteiger partial charge is 0.324 e. The number of hydrogen-bond acceptors (Lipinski definition) is 5. The minimum atomic E-state index is -3.90. The Morgan fingerprint density at radius 1 is 1.19 bits per heavy atom. The molecule has 8 heteroatoms. The minimum Gasteiger partial charge on any atom is -0.468 e. The number of nitrogens with two attached hydrogens (primary N) is 1. The lowest BCUT2D eigenvalue weighted by Gasteiger charge is -2.16. The summed E-state index contributed by atoms with van der Waals surface area (Å²) < 4.78 is 32.4. The molecule has 0 radical (unpaired) electrons. The van der Waals surface area contributed by atoms with Crippen LogP contribution >= 0.6 is 0 Å². The highest BCUT2D eigenvalue weighted by molar-refractivity contribution is 7.89. The molecule has 0 saturated heterocycles. The van der Waals surface area contributed by atoms with Gasteiger partial charge in [-0.1, -0.05) is 18.2 Å². The number of rotatable bonds is 6. The Balaban J connectivity index is 1.89. The molecule has 0 amide bonds. The van der Waals surface area contributed by atoms with Crippen molar-refractivity contribution in [1.82, 2.24) is 9.71 Å². The molecular weight excluding hydrogens is 354 g/mol. The lowest BCUT2D eigenvalue weighted by Crippen LogP contribution is -2.42. The Morgan fingerprint density at radius 3 is 2.58 bits per heavy atom. The fraction of sp³-hybridized carbons (Fsp3) is 0.167. The van der Waals surface area contributed by atoms with E-state index in [4.69, 9.17) is 10.5 Å². The number of esters is 1. The zero-order valence-electron chi connectivity index (χ0n) is 14.1. The molecule has 26 heavy (non-hydrogen) atoms. The van der Waals surface area contributed by atoms with Crippen molar-refractivity contribution in [3.63, 3.8) is 0 Å². The molecule has 3 rings (SSSR count). The van der Waals surface area contributed by atoms with Crippen LogP contribution < -0.4 is 10.5 Å². The van der Waals surface area contributed by atoms with E-state index in [1.54, 1.807) is 6.20 Å². The summed E-state index contributed by atoms with van der Waals surface area (Å²) in [6.07, 6.45) is 1.92. The third kappa shape index (κ3) is 3.71. The van der Waals surface area contributed by atoms with E-state index in [1.165, 1.54) is 31.4 Å². The van der Waals surface area contributed by atoms with Gasteiger partial charge in [-0.3, -0.25) is 4.79 Å². The van der Waals surface area contributed by atoms with Crippen LogP contribution in [0.25, 0.3) is 10.9 Å². The summed E-state index contributed by atoms with van der Waals surface area (Å²) in [5.74, 6) is -0.658. The first-order valence-corrected chi connectivity index (χ1v) is 9.40. The van der Waals surface area contributed by atoms with Crippen LogP contribution in [-0.2, 0) is 26.0 Å². The number of carbonyl (C=O) groups is 1. The zero-order valence-corrected chi connectivity index (χ0v) is 14.9. The van der Waals surface area contributed by atoms with Gasteiger partial charge in [0.2, 0.25) is 10.0 Å². The lowest BCUT2D eigenvalue weighted by molar-refractivity contribution is -0.142. The van der Waals surface area contributed by atoms with Gasteiger partial charge in [0.15, 0.2) is 0 Å². The van der Waals surface area contributed by atoms with Crippen LogP contribution in [0.2, 0.25) is 0 Å². The van der Waals surface area contributed by atoms with Gasteiger partial charge in [0.1, 0.15) is 6.04 Å². The lowest BCUT2D eigenvalue weighted by atomic mass is 10.1. The second kappa shape index (κ2) is 7.19. The predicted octanol–water partition coefficient (Wildman–Crippen LogP) is 1.81. The van der Waals surface area contributed by atoms with Crippen molar-refractivity contribution in [2.75, 3.05) is 12.8 Å². The average Bonchev–Trinajstić information content (AvgIpc) is 3.04. The first-order valence-electron chi connectivity index (χ1n) is 7.91. The maximum atomic E-state index is 12.6. The van der Waals surface area contributed by atoms with Gasteiger partial charge in [-0.15, -0.1) is 0 Å². The van der Waals surface area contributed by atoms with Gasteiger partial charge in [0.05, 0.1) is 12.0 Å². The number of H-pyrrole nitrogens is 1. The van der Waals surface area contributed by atoms with Gasteiger partial charge < -0.3 is 15.5 Å². The third-order valence-corrected chi connectivity index (χ3v) is 5.56. The van der Waals surface area contributed by atoms with Crippen LogP contribution in [0.4, 0.5) is 5.69 Å². The summed E-state index contributed by atoms with van der Waals surface area (Å²) in [7, 11) is -2.68. The third-order valence-electron chi connectivity index (χ3n) is 4.07. The van der Waals surface area contributed by atoms with Gasteiger partial charge >= 0.3 is 5.97 Å². The molecule has 1 unspecified atom stereocenters. The summed E-state index contributed by atoms with van der Waals surface area (Å²) in [4.78, 5) is 15.3. The van der Waals surface area contributed by atoms with Crippen LogP contribution in [0.5, 0.6) is 0 Å². The number of nitrogens with one attached hydrogen (secondary N) is 2. The van der Waals surface area contributed by atoms with Crippen molar-refractivity contribution >= 4 is 32.6 Å². The fourth-order valence-electron chi connectivity index (χ4n) is 2.74. The molecule has 0 bridgehead atoms. The van der Waals surface area contributed by atoms with E-state index in [2.05, 4.69) is 9.71 Å². The number of aromatic amines is 1. The predicted molar refractivity (Wildman–Crippen MR) is 99.0 cm³/mol. The van der Waals surface area contributed by atoms with Crippen LogP contribution in [0.3, 0.4) is 0 Å². The molecule has 3 aromatic rings. The number of fused-ring (bicyclic) bond motifs is 1. The number of anilines is 1. The van der Waals surface area contributed by atoms with Gasteiger partial charge in [-0.05, 0) is 35.9 Å². The van der Waals surface area contributed by atoms with Crippen LogP contribution in [0, 0.1) is 0 Å². The molecule has 0 aliphatic carbocycles. The molecule has 0 aliphatic heterocycles. The Hall–Kier alpha value is -2.84. The van der Waals surface area contributed by atoms with E-state index in [1.807, 2.05) is 24.3 Å². The molecule has 1 aromatic heterocycles. The largest absolute Gasteiger partial charge is 0.468 e. The SMILES string of the molecule is COC(=O)C(Cc1c[nH]c2ccccc12)NS(=O)(=O)c1ccc(N)cc1. The second-order valence-electron chi connectivity index (χ2n) is 5.83. The second-order valence-corrected chi connectivity index (χ2v) is 7.54. The van der Waals surface area contributed by atoms with E-state index < -0.39 is 22.0 Å². The Morgan fingerprint density at radius 2 is 1.88 bits per heavy atom. The van der Waals surface area contributed by atoms with Crippen molar-refractivity contribution in [1.29, 1.82) is 0 Å². The summed E-state index contributed by atoms with van der Waals surface area (Å²) in [5, 5.41) is 0.924. The highest BCUT2D eigenvalue weighted by Crippen LogP contribution is 2.20. The molecule has 0 aliphatic rings. The van der Waals surface area contributed by atoms with Gasteiger partial charge in [0, 0.05) is 29.2 Å². The molecule has 7 nitrogen and oxygen atoms in total. The number of aromatic nitrogens is 1. The number of sulfonamides is 1. The van der Waals surface area contributed by atoms with E-state index >= 15 is 0 Å². The van der Waals surface area contributed by atoms with E-state index in [0.717, 1.165) is 16.5 Å². The van der Waals surface area contributed by atoms with E-state index in [-0.39, 0.29) is 11.3 Å². The highest BCUT2D eigenvalue weighted by Gasteiger charge is 2.27. The van der Waals surface area contributed by atoms with Gasteiger partial charge in [-0.2, -0.15) is 4.72 Å². The number of methoxy groups -OCH3 is 1.